The first-order valence-corrected chi connectivity index (χ1v) is 6.64. The van der Waals surface area contributed by atoms with Gasteiger partial charge in [-0.1, -0.05) is 12.1 Å². The van der Waals surface area contributed by atoms with Gasteiger partial charge in [0.1, 0.15) is 5.82 Å². The highest BCUT2D eigenvalue weighted by atomic mass is 19.1. The van der Waals surface area contributed by atoms with Crippen LogP contribution in [0.1, 0.15) is 30.9 Å². The van der Waals surface area contributed by atoms with E-state index in [1.165, 1.54) is 17.0 Å². The fraction of sp³-hybridized carbons (Fsp3) is 0.333. The third-order valence-electron chi connectivity index (χ3n) is 3.88. The molecule has 0 aromatic heterocycles. The fourth-order valence-electron chi connectivity index (χ4n) is 2.87. The number of hydrogen-bond donors (Lipinski definition) is 1. The van der Waals surface area contributed by atoms with Gasteiger partial charge in [0, 0.05) is 24.7 Å². The van der Waals surface area contributed by atoms with E-state index in [2.05, 4.69) is 5.32 Å². The van der Waals surface area contributed by atoms with Gasteiger partial charge in [0.05, 0.1) is 6.04 Å². The number of rotatable bonds is 1. The molecule has 1 heterocycles. The van der Waals surface area contributed by atoms with E-state index in [0.717, 1.165) is 12.1 Å². The maximum atomic E-state index is 13.4. The van der Waals surface area contributed by atoms with Gasteiger partial charge in [-0.2, -0.15) is 0 Å². The van der Waals surface area contributed by atoms with Gasteiger partial charge in [-0.15, -0.1) is 0 Å². The molecule has 1 aromatic carbocycles. The number of benzene rings is 1. The molecule has 104 valence electrons. The Bertz CT molecular complexity index is 624. The lowest BCUT2D eigenvalue weighted by atomic mass is 9.85. The average Bonchev–Trinajstić information content (AvgIpc) is 2.43. The summed E-state index contributed by atoms with van der Waals surface area (Å²) >= 11 is 0. The first-order valence-electron chi connectivity index (χ1n) is 6.64. The highest BCUT2D eigenvalue weighted by Gasteiger charge is 2.37. The molecule has 0 fully saturated rings. The standard InChI is InChI=1S/C15H15FN2O2/c1-18-11-6-3-7-12(19)13(11)14(17-15(18)20)9-4-2-5-10(16)8-9/h2,4-5,8,14H,3,6-7H2,1H3,(H,17,20). The van der Waals surface area contributed by atoms with Crippen molar-refractivity contribution in [2.45, 2.75) is 25.3 Å². The summed E-state index contributed by atoms with van der Waals surface area (Å²) in [5.41, 5.74) is 1.97. The number of carbonyl (C=O) groups is 2. The van der Waals surface area contributed by atoms with Crippen molar-refractivity contribution in [3.05, 3.63) is 46.9 Å². The first kappa shape index (κ1) is 12.8. The Balaban J connectivity index is 2.12. The summed E-state index contributed by atoms with van der Waals surface area (Å²) in [6, 6.07) is 5.22. The minimum absolute atomic E-state index is 0.0346. The van der Waals surface area contributed by atoms with E-state index < -0.39 is 6.04 Å². The molecule has 0 radical (unpaired) electrons. The van der Waals surface area contributed by atoms with Crippen molar-refractivity contribution in [3.8, 4) is 0 Å². The number of allylic oxidation sites excluding steroid dienone is 1. The second-order valence-electron chi connectivity index (χ2n) is 5.13. The smallest absolute Gasteiger partial charge is 0.322 e. The molecule has 5 heteroatoms. The van der Waals surface area contributed by atoms with E-state index in [1.807, 2.05) is 0 Å². The van der Waals surface area contributed by atoms with Crippen molar-refractivity contribution in [2.75, 3.05) is 7.05 Å². The predicted molar refractivity (Wildman–Crippen MR) is 71.3 cm³/mol. The van der Waals surface area contributed by atoms with Gasteiger partial charge in [0.25, 0.3) is 0 Å². The minimum Gasteiger partial charge on any atom is -0.327 e. The maximum absolute atomic E-state index is 13.4. The molecule has 4 nitrogen and oxygen atoms in total. The number of nitrogens with one attached hydrogen (secondary N) is 1. The Morgan fingerprint density at radius 3 is 2.85 bits per heavy atom. The molecule has 1 aliphatic heterocycles. The molecule has 0 saturated heterocycles. The highest BCUT2D eigenvalue weighted by Crippen LogP contribution is 2.36. The van der Waals surface area contributed by atoms with Crippen LogP contribution in [0, 0.1) is 5.82 Å². The molecule has 1 aliphatic carbocycles. The molecule has 1 N–H and O–H groups in total. The Morgan fingerprint density at radius 1 is 1.30 bits per heavy atom. The number of nitrogens with zero attached hydrogens (tertiary/aromatic N) is 1. The maximum Gasteiger partial charge on any atom is 0.322 e. The second kappa shape index (κ2) is 4.74. The molecular formula is C15H15FN2O2. The zero-order chi connectivity index (χ0) is 14.3. The van der Waals surface area contributed by atoms with Gasteiger partial charge in [0.2, 0.25) is 0 Å². The number of ketones is 1. The molecule has 2 amide bonds. The minimum atomic E-state index is -0.544. The van der Waals surface area contributed by atoms with Crippen LogP contribution in [0.4, 0.5) is 9.18 Å². The van der Waals surface area contributed by atoms with Gasteiger partial charge in [0.15, 0.2) is 5.78 Å². The van der Waals surface area contributed by atoms with Crippen LogP contribution in [0.3, 0.4) is 0 Å². The van der Waals surface area contributed by atoms with Crippen molar-refractivity contribution in [3.63, 3.8) is 0 Å². The SMILES string of the molecule is CN1C(=O)NC(c2cccc(F)c2)C2=C1CCCC2=O. The third-order valence-corrected chi connectivity index (χ3v) is 3.88. The normalized spacial score (nSPS) is 22.7. The zero-order valence-electron chi connectivity index (χ0n) is 11.1. The Labute approximate surface area is 116 Å². The van der Waals surface area contributed by atoms with Crippen molar-refractivity contribution < 1.29 is 14.0 Å². The molecule has 20 heavy (non-hydrogen) atoms. The molecule has 3 rings (SSSR count). The zero-order valence-corrected chi connectivity index (χ0v) is 11.1. The van der Waals surface area contributed by atoms with Gasteiger partial charge in [-0.3, -0.25) is 4.79 Å². The molecule has 0 bridgehead atoms. The number of hydrogen-bond acceptors (Lipinski definition) is 2. The van der Waals surface area contributed by atoms with E-state index in [1.54, 1.807) is 19.2 Å². The van der Waals surface area contributed by atoms with E-state index in [4.69, 9.17) is 0 Å². The quantitative estimate of drug-likeness (QED) is 0.855. The largest absolute Gasteiger partial charge is 0.327 e. The topological polar surface area (TPSA) is 49.4 Å². The van der Waals surface area contributed by atoms with Crippen molar-refractivity contribution in [2.24, 2.45) is 0 Å². The molecule has 0 saturated carbocycles. The summed E-state index contributed by atoms with van der Waals surface area (Å²) in [5.74, 6) is -0.339. The van der Waals surface area contributed by atoms with Crippen LogP contribution in [-0.4, -0.2) is 23.8 Å². The van der Waals surface area contributed by atoms with E-state index in [0.29, 0.717) is 24.0 Å². The number of Topliss-reactive ketones (excluding diaryl/α,β-unsaturated/α-hetero) is 1. The van der Waals surface area contributed by atoms with Crippen LogP contribution in [0.5, 0.6) is 0 Å². The number of amides is 2. The van der Waals surface area contributed by atoms with Crippen molar-refractivity contribution in [1.29, 1.82) is 0 Å². The Kier molecular flexibility index (Phi) is 3.04. The van der Waals surface area contributed by atoms with Gasteiger partial charge in [-0.25, -0.2) is 9.18 Å². The summed E-state index contributed by atoms with van der Waals surface area (Å²) < 4.78 is 13.4. The number of urea groups is 1. The summed E-state index contributed by atoms with van der Waals surface area (Å²) in [5, 5.41) is 2.78. The molecule has 0 spiro atoms. The van der Waals surface area contributed by atoms with Crippen molar-refractivity contribution >= 4 is 11.8 Å². The van der Waals surface area contributed by atoms with Crippen LogP contribution in [0.2, 0.25) is 0 Å². The predicted octanol–water partition coefficient (Wildman–Crippen LogP) is 2.53. The number of carbonyl (C=O) groups excluding carboxylic acids is 2. The van der Waals surface area contributed by atoms with E-state index in [9.17, 15) is 14.0 Å². The lowest BCUT2D eigenvalue weighted by Gasteiger charge is -2.37. The summed E-state index contributed by atoms with van der Waals surface area (Å²) in [6.45, 7) is 0. The molecule has 1 atom stereocenters. The van der Waals surface area contributed by atoms with E-state index in [-0.39, 0.29) is 17.6 Å². The number of halogens is 1. The highest BCUT2D eigenvalue weighted by molar-refractivity contribution is 6.00. The molecule has 1 aromatic rings. The molecule has 2 aliphatic rings. The lowest BCUT2D eigenvalue weighted by molar-refractivity contribution is -0.116. The molecule has 1 unspecified atom stereocenters. The monoisotopic (exact) mass is 274 g/mol. The molecular weight excluding hydrogens is 259 g/mol. The first-order chi connectivity index (χ1) is 9.58. The Hall–Kier alpha value is -2.17. The van der Waals surface area contributed by atoms with E-state index >= 15 is 0 Å². The van der Waals surface area contributed by atoms with Gasteiger partial charge >= 0.3 is 6.03 Å². The fourth-order valence-corrected chi connectivity index (χ4v) is 2.87. The van der Waals surface area contributed by atoms with Crippen LogP contribution in [0.25, 0.3) is 0 Å². The van der Waals surface area contributed by atoms with Crippen LogP contribution < -0.4 is 5.32 Å². The lowest BCUT2D eigenvalue weighted by Crippen LogP contribution is -2.47. The summed E-state index contributed by atoms with van der Waals surface area (Å²) in [4.78, 5) is 25.7. The second-order valence-corrected chi connectivity index (χ2v) is 5.13. The van der Waals surface area contributed by atoms with Crippen molar-refractivity contribution in [1.82, 2.24) is 10.2 Å². The van der Waals surface area contributed by atoms with Crippen LogP contribution in [-0.2, 0) is 4.79 Å². The summed E-state index contributed by atoms with van der Waals surface area (Å²) in [6.07, 6.45) is 1.94. The Morgan fingerprint density at radius 2 is 2.10 bits per heavy atom. The van der Waals surface area contributed by atoms with Gasteiger partial charge in [-0.05, 0) is 30.5 Å². The average molecular weight is 274 g/mol. The van der Waals surface area contributed by atoms with Crippen LogP contribution >= 0.6 is 0 Å². The van der Waals surface area contributed by atoms with Crippen LogP contribution in [0.15, 0.2) is 35.5 Å². The van der Waals surface area contributed by atoms with Gasteiger partial charge < -0.3 is 10.2 Å². The summed E-state index contributed by atoms with van der Waals surface area (Å²) in [7, 11) is 1.66. The third kappa shape index (κ3) is 1.99.